The highest BCUT2D eigenvalue weighted by molar-refractivity contribution is 5.09. The highest BCUT2D eigenvalue weighted by Gasteiger charge is 2.18. The minimum atomic E-state index is -0.0744. The maximum atomic E-state index is 9.16. The number of aliphatic hydroxyl groups is 1. The molecule has 0 saturated heterocycles. The molecule has 0 aliphatic carbocycles. The van der Waals surface area contributed by atoms with Crippen LogP contribution in [0, 0.1) is 5.41 Å². The second-order valence-corrected chi connectivity index (χ2v) is 5.05. The third-order valence-electron chi connectivity index (χ3n) is 2.79. The highest BCUT2D eigenvalue weighted by atomic mass is 16.3. The molecule has 16 heavy (non-hydrogen) atoms. The van der Waals surface area contributed by atoms with E-state index in [2.05, 4.69) is 30.5 Å². The SMILES string of the molecule is CCn1cc(C(C)NCC(C)(C)CO)cn1. The molecule has 1 atom stereocenters. The van der Waals surface area contributed by atoms with Crippen molar-refractivity contribution in [2.24, 2.45) is 5.41 Å². The van der Waals surface area contributed by atoms with Crippen molar-refractivity contribution in [2.75, 3.05) is 13.2 Å². The van der Waals surface area contributed by atoms with Gasteiger partial charge in [0.15, 0.2) is 0 Å². The molecule has 2 N–H and O–H groups in total. The molecule has 0 spiro atoms. The van der Waals surface area contributed by atoms with Crippen molar-refractivity contribution >= 4 is 0 Å². The lowest BCUT2D eigenvalue weighted by Gasteiger charge is -2.24. The number of rotatable bonds is 6. The Hall–Kier alpha value is -0.870. The second-order valence-electron chi connectivity index (χ2n) is 5.05. The summed E-state index contributed by atoms with van der Waals surface area (Å²) in [5.74, 6) is 0. The van der Waals surface area contributed by atoms with Gasteiger partial charge in [0.2, 0.25) is 0 Å². The number of nitrogens with one attached hydrogen (secondary N) is 1. The van der Waals surface area contributed by atoms with Crippen LogP contribution >= 0.6 is 0 Å². The van der Waals surface area contributed by atoms with Crippen molar-refractivity contribution in [1.82, 2.24) is 15.1 Å². The first-order chi connectivity index (χ1) is 7.48. The van der Waals surface area contributed by atoms with Crippen LogP contribution in [0.3, 0.4) is 0 Å². The van der Waals surface area contributed by atoms with E-state index in [1.54, 1.807) is 0 Å². The normalized spacial score (nSPS) is 14.1. The zero-order chi connectivity index (χ0) is 12.2. The lowest BCUT2D eigenvalue weighted by molar-refractivity contribution is 0.154. The van der Waals surface area contributed by atoms with E-state index in [4.69, 9.17) is 5.11 Å². The Morgan fingerprint density at radius 3 is 2.75 bits per heavy atom. The predicted molar refractivity (Wildman–Crippen MR) is 65.2 cm³/mol. The van der Waals surface area contributed by atoms with E-state index in [0.29, 0.717) is 0 Å². The summed E-state index contributed by atoms with van der Waals surface area (Å²) in [6, 6.07) is 0.270. The lowest BCUT2D eigenvalue weighted by Crippen LogP contribution is -2.33. The van der Waals surface area contributed by atoms with Crippen LogP contribution in [0.1, 0.15) is 39.3 Å². The van der Waals surface area contributed by atoms with Gasteiger partial charge in [0.05, 0.1) is 6.20 Å². The summed E-state index contributed by atoms with van der Waals surface area (Å²) in [6.07, 6.45) is 3.96. The Labute approximate surface area is 97.7 Å². The largest absolute Gasteiger partial charge is 0.396 e. The van der Waals surface area contributed by atoms with Gasteiger partial charge in [-0.2, -0.15) is 5.10 Å². The molecule has 0 aromatic carbocycles. The molecule has 1 aromatic heterocycles. The van der Waals surface area contributed by atoms with Crippen LogP contribution < -0.4 is 5.32 Å². The van der Waals surface area contributed by atoms with Crippen molar-refractivity contribution in [3.8, 4) is 0 Å². The van der Waals surface area contributed by atoms with Crippen LogP contribution in [-0.2, 0) is 6.54 Å². The van der Waals surface area contributed by atoms with Gasteiger partial charge in [0, 0.05) is 42.9 Å². The van der Waals surface area contributed by atoms with Crippen LogP contribution in [0.5, 0.6) is 0 Å². The summed E-state index contributed by atoms with van der Waals surface area (Å²) in [5, 5.41) is 16.8. The molecule has 1 rings (SSSR count). The summed E-state index contributed by atoms with van der Waals surface area (Å²) in [7, 11) is 0. The first-order valence-electron chi connectivity index (χ1n) is 5.85. The Morgan fingerprint density at radius 1 is 1.56 bits per heavy atom. The molecule has 0 aliphatic heterocycles. The predicted octanol–water partition coefficient (Wildman–Crippen LogP) is 1.57. The molecular formula is C12H23N3O. The first-order valence-corrected chi connectivity index (χ1v) is 5.85. The van der Waals surface area contributed by atoms with E-state index >= 15 is 0 Å². The molecule has 0 fully saturated rings. The molecule has 4 heteroatoms. The van der Waals surface area contributed by atoms with Crippen molar-refractivity contribution in [2.45, 2.75) is 40.3 Å². The molecular weight excluding hydrogens is 202 g/mol. The van der Waals surface area contributed by atoms with Crippen LogP contribution in [0.2, 0.25) is 0 Å². The fourth-order valence-corrected chi connectivity index (χ4v) is 1.38. The molecule has 0 amide bonds. The third kappa shape index (κ3) is 3.61. The molecule has 0 aliphatic rings. The van der Waals surface area contributed by atoms with Gasteiger partial charge in [-0.15, -0.1) is 0 Å². The van der Waals surface area contributed by atoms with Crippen molar-refractivity contribution < 1.29 is 5.11 Å². The molecule has 1 aromatic rings. The fraction of sp³-hybridized carbons (Fsp3) is 0.750. The molecule has 0 bridgehead atoms. The van der Waals surface area contributed by atoms with E-state index in [1.165, 1.54) is 5.56 Å². The smallest absolute Gasteiger partial charge is 0.0537 e. The molecule has 4 nitrogen and oxygen atoms in total. The van der Waals surface area contributed by atoms with Gasteiger partial charge in [-0.3, -0.25) is 4.68 Å². The summed E-state index contributed by atoms with van der Waals surface area (Å²) in [6.45, 7) is 10.2. The number of hydrogen-bond donors (Lipinski definition) is 2. The van der Waals surface area contributed by atoms with Gasteiger partial charge in [0.1, 0.15) is 0 Å². The van der Waals surface area contributed by atoms with Crippen molar-refractivity contribution in [3.63, 3.8) is 0 Å². The van der Waals surface area contributed by atoms with E-state index in [-0.39, 0.29) is 18.1 Å². The monoisotopic (exact) mass is 225 g/mol. The molecule has 0 radical (unpaired) electrons. The summed E-state index contributed by atoms with van der Waals surface area (Å²) in [5.41, 5.74) is 1.12. The maximum Gasteiger partial charge on any atom is 0.0537 e. The fourth-order valence-electron chi connectivity index (χ4n) is 1.38. The van der Waals surface area contributed by atoms with Crippen LogP contribution in [0.4, 0.5) is 0 Å². The third-order valence-corrected chi connectivity index (χ3v) is 2.79. The van der Waals surface area contributed by atoms with E-state index < -0.39 is 0 Å². The van der Waals surface area contributed by atoms with Gasteiger partial charge >= 0.3 is 0 Å². The second kappa shape index (κ2) is 5.46. The number of aromatic nitrogens is 2. The van der Waals surface area contributed by atoms with Crippen LogP contribution in [0.15, 0.2) is 12.4 Å². The standard InChI is InChI=1S/C12H23N3O/c1-5-15-7-11(6-14-15)10(2)13-8-12(3,4)9-16/h6-7,10,13,16H,5,8-9H2,1-4H3. The minimum Gasteiger partial charge on any atom is -0.396 e. The van der Waals surface area contributed by atoms with E-state index in [9.17, 15) is 0 Å². The zero-order valence-corrected chi connectivity index (χ0v) is 10.7. The topological polar surface area (TPSA) is 50.1 Å². The highest BCUT2D eigenvalue weighted by Crippen LogP contribution is 2.16. The summed E-state index contributed by atoms with van der Waals surface area (Å²) in [4.78, 5) is 0. The van der Waals surface area contributed by atoms with Gasteiger partial charge in [-0.1, -0.05) is 13.8 Å². The van der Waals surface area contributed by atoms with E-state index in [1.807, 2.05) is 24.7 Å². The number of nitrogens with zero attached hydrogens (tertiary/aromatic N) is 2. The Bertz CT molecular complexity index is 320. The van der Waals surface area contributed by atoms with Gasteiger partial charge < -0.3 is 10.4 Å². The zero-order valence-electron chi connectivity index (χ0n) is 10.7. The van der Waals surface area contributed by atoms with Crippen molar-refractivity contribution in [3.05, 3.63) is 18.0 Å². The number of hydrogen-bond acceptors (Lipinski definition) is 3. The molecule has 0 saturated carbocycles. The van der Waals surface area contributed by atoms with Crippen LogP contribution in [0.25, 0.3) is 0 Å². The van der Waals surface area contributed by atoms with Crippen LogP contribution in [-0.4, -0.2) is 28.0 Å². The average molecular weight is 225 g/mol. The Balaban J connectivity index is 2.49. The maximum absolute atomic E-state index is 9.16. The van der Waals surface area contributed by atoms with Crippen molar-refractivity contribution in [1.29, 1.82) is 0 Å². The van der Waals surface area contributed by atoms with Gasteiger partial charge in [0.25, 0.3) is 0 Å². The van der Waals surface area contributed by atoms with Gasteiger partial charge in [-0.25, -0.2) is 0 Å². The quantitative estimate of drug-likeness (QED) is 0.772. The number of aliphatic hydroxyl groups excluding tert-OH is 1. The molecule has 1 unspecified atom stereocenters. The summed E-state index contributed by atoms with van der Waals surface area (Å²) < 4.78 is 1.92. The van der Waals surface area contributed by atoms with E-state index in [0.717, 1.165) is 13.1 Å². The first kappa shape index (κ1) is 13.2. The lowest BCUT2D eigenvalue weighted by atomic mass is 9.94. The Morgan fingerprint density at radius 2 is 2.25 bits per heavy atom. The average Bonchev–Trinajstić information content (AvgIpc) is 2.74. The Kier molecular flexibility index (Phi) is 4.50. The molecule has 92 valence electrons. The summed E-state index contributed by atoms with van der Waals surface area (Å²) >= 11 is 0. The van der Waals surface area contributed by atoms with Gasteiger partial charge in [-0.05, 0) is 13.8 Å². The molecule has 1 heterocycles. The minimum absolute atomic E-state index is 0.0744. The number of aryl methyl sites for hydroxylation is 1.